The van der Waals surface area contributed by atoms with Crippen LogP contribution in [0.5, 0.6) is 23.0 Å². The molecule has 7 nitrogen and oxygen atoms in total. The molecule has 0 saturated heterocycles. The van der Waals surface area contributed by atoms with Crippen molar-refractivity contribution in [2.45, 2.75) is 0 Å². The Balaban J connectivity index is 2.61. The molecule has 0 aliphatic carbocycles. The fourth-order valence-electron chi connectivity index (χ4n) is 2.43. The predicted molar refractivity (Wildman–Crippen MR) is 94.8 cm³/mol. The Kier molecular flexibility index (Phi) is 6.17. The molecule has 0 bridgehead atoms. The van der Waals surface area contributed by atoms with Crippen LogP contribution in [0.1, 0.15) is 11.1 Å². The van der Waals surface area contributed by atoms with Gasteiger partial charge in [0.1, 0.15) is 0 Å². The lowest BCUT2D eigenvalue weighted by Crippen LogP contribution is -1.97. The third-order valence-electron chi connectivity index (χ3n) is 3.74. The normalized spacial score (nSPS) is 11.5. The number of methoxy groups -OCH3 is 4. The standard InChI is InChI=1S/C18H17F2NO6/c1-24-13-6-5-10(7-12(13)21(22)23)16(19)17(20)11-8-14(25-2)18(27-4)15(9-11)26-3/h5-9H,1-4H3/b17-16-. The van der Waals surface area contributed by atoms with Gasteiger partial charge in [0.2, 0.25) is 5.75 Å². The summed E-state index contributed by atoms with van der Waals surface area (Å²) in [6, 6.07) is 5.72. The molecule has 144 valence electrons. The van der Waals surface area contributed by atoms with Crippen molar-refractivity contribution in [1.82, 2.24) is 0 Å². The largest absolute Gasteiger partial charge is 0.493 e. The van der Waals surface area contributed by atoms with Crippen molar-refractivity contribution in [3.8, 4) is 23.0 Å². The smallest absolute Gasteiger partial charge is 0.311 e. The Morgan fingerprint density at radius 1 is 0.815 bits per heavy atom. The summed E-state index contributed by atoms with van der Waals surface area (Å²) in [5, 5.41) is 11.1. The van der Waals surface area contributed by atoms with Gasteiger partial charge in [-0.2, -0.15) is 0 Å². The lowest BCUT2D eigenvalue weighted by Gasteiger charge is -2.13. The number of halogens is 2. The van der Waals surface area contributed by atoms with Gasteiger partial charge < -0.3 is 18.9 Å². The summed E-state index contributed by atoms with van der Waals surface area (Å²) in [5.74, 6) is -2.10. The Bertz CT molecular complexity index is 872. The minimum Gasteiger partial charge on any atom is -0.493 e. The topological polar surface area (TPSA) is 80.1 Å². The molecule has 0 aliphatic heterocycles. The van der Waals surface area contributed by atoms with E-state index in [1.54, 1.807) is 0 Å². The van der Waals surface area contributed by atoms with E-state index in [2.05, 4.69) is 0 Å². The van der Waals surface area contributed by atoms with Crippen molar-refractivity contribution in [2.24, 2.45) is 0 Å². The van der Waals surface area contributed by atoms with Gasteiger partial charge in [-0.15, -0.1) is 0 Å². The van der Waals surface area contributed by atoms with Gasteiger partial charge in [-0.25, -0.2) is 8.78 Å². The molecule has 0 heterocycles. The van der Waals surface area contributed by atoms with Gasteiger partial charge >= 0.3 is 5.69 Å². The molecule has 0 aliphatic rings. The average molecular weight is 381 g/mol. The monoisotopic (exact) mass is 381 g/mol. The summed E-state index contributed by atoms with van der Waals surface area (Å²) in [7, 11) is 5.30. The van der Waals surface area contributed by atoms with Crippen LogP contribution < -0.4 is 18.9 Å². The zero-order valence-corrected chi connectivity index (χ0v) is 15.0. The Labute approximate surface area is 153 Å². The number of nitro groups is 1. The van der Waals surface area contributed by atoms with Gasteiger partial charge in [0.25, 0.3) is 0 Å². The Morgan fingerprint density at radius 3 is 1.78 bits per heavy atom. The second kappa shape index (κ2) is 8.35. The van der Waals surface area contributed by atoms with Crippen molar-refractivity contribution in [3.05, 3.63) is 51.6 Å². The summed E-state index contributed by atoms with van der Waals surface area (Å²) >= 11 is 0. The highest BCUT2D eigenvalue weighted by molar-refractivity contribution is 5.85. The molecule has 0 fully saturated rings. The quantitative estimate of drug-likeness (QED) is 0.402. The average Bonchev–Trinajstić information content (AvgIpc) is 2.70. The van der Waals surface area contributed by atoms with Gasteiger partial charge in [-0.1, -0.05) is 0 Å². The van der Waals surface area contributed by atoms with E-state index in [0.29, 0.717) is 0 Å². The number of ether oxygens (including phenoxy) is 4. The van der Waals surface area contributed by atoms with E-state index in [-0.39, 0.29) is 34.1 Å². The third kappa shape index (κ3) is 3.91. The molecule has 0 aromatic heterocycles. The summed E-state index contributed by atoms with van der Waals surface area (Å²) in [4.78, 5) is 10.3. The minimum atomic E-state index is -1.28. The molecule has 0 atom stereocenters. The molecule has 2 aromatic rings. The van der Waals surface area contributed by atoms with Crippen LogP contribution in [-0.2, 0) is 0 Å². The zero-order valence-electron chi connectivity index (χ0n) is 15.0. The molecular weight excluding hydrogens is 364 g/mol. The first-order valence-corrected chi connectivity index (χ1v) is 7.56. The van der Waals surface area contributed by atoms with Gasteiger partial charge in [0.15, 0.2) is 28.9 Å². The second-order valence-corrected chi connectivity index (χ2v) is 5.19. The predicted octanol–water partition coefficient (Wildman–Crippen LogP) is 4.39. The van der Waals surface area contributed by atoms with E-state index in [4.69, 9.17) is 18.9 Å². The fourth-order valence-corrected chi connectivity index (χ4v) is 2.43. The number of hydrogen-bond acceptors (Lipinski definition) is 6. The van der Waals surface area contributed by atoms with Crippen LogP contribution in [0.4, 0.5) is 14.5 Å². The first-order chi connectivity index (χ1) is 12.9. The highest BCUT2D eigenvalue weighted by Crippen LogP contribution is 2.42. The number of rotatable bonds is 7. The summed E-state index contributed by atoms with van der Waals surface area (Å²) < 4.78 is 49.6. The maximum Gasteiger partial charge on any atom is 0.311 e. The molecule has 0 saturated carbocycles. The van der Waals surface area contributed by atoms with Gasteiger partial charge in [-0.3, -0.25) is 10.1 Å². The molecule has 27 heavy (non-hydrogen) atoms. The lowest BCUT2D eigenvalue weighted by atomic mass is 10.1. The minimum absolute atomic E-state index is 0.0651. The highest BCUT2D eigenvalue weighted by atomic mass is 19.2. The Hall–Kier alpha value is -3.36. The van der Waals surface area contributed by atoms with E-state index in [9.17, 15) is 18.9 Å². The van der Waals surface area contributed by atoms with Crippen molar-refractivity contribution >= 4 is 17.3 Å². The van der Waals surface area contributed by atoms with Crippen LogP contribution >= 0.6 is 0 Å². The van der Waals surface area contributed by atoms with Crippen LogP contribution in [0.3, 0.4) is 0 Å². The molecule has 2 aromatic carbocycles. The van der Waals surface area contributed by atoms with Gasteiger partial charge in [-0.05, 0) is 24.3 Å². The van der Waals surface area contributed by atoms with Crippen LogP contribution in [0.25, 0.3) is 11.7 Å². The summed E-state index contributed by atoms with van der Waals surface area (Å²) in [6.07, 6.45) is 0. The molecular formula is C18H17F2NO6. The lowest BCUT2D eigenvalue weighted by molar-refractivity contribution is -0.385. The SMILES string of the molecule is COc1ccc(/C(F)=C(/F)c2cc(OC)c(OC)c(OC)c2)cc1[N+](=O)[O-]. The zero-order chi connectivity index (χ0) is 20.1. The molecule has 9 heteroatoms. The summed E-state index contributed by atoms with van der Waals surface area (Å²) in [6.45, 7) is 0. The molecule has 0 N–H and O–H groups in total. The second-order valence-electron chi connectivity index (χ2n) is 5.19. The van der Waals surface area contributed by atoms with Crippen molar-refractivity contribution in [3.63, 3.8) is 0 Å². The van der Waals surface area contributed by atoms with Crippen molar-refractivity contribution < 1.29 is 32.7 Å². The maximum atomic E-state index is 14.7. The molecule has 0 amide bonds. The van der Waals surface area contributed by atoms with Crippen molar-refractivity contribution in [2.75, 3.05) is 28.4 Å². The van der Waals surface area contributed by atoms with E-state index in [1.807, 2.05) is 0 Å². The summed E-state index contributed by atoms with van der Waals surface area (Å²) in [5.41, 5.74) is -0.975. The first-order valence-electron chi connectivity index (χ1n) is 7.56. The van der Waals surface area contributed by atoms with Gasteiger partial charge in [0, 0.05) is 17.2 Å². The van der Waals surface area contributed by atoms with Crippen LogP contribution in [0.2, 0.25) is 0 Å². The van der Waals surface area contributed by atoms with Crippen molar-refractivity contribution in [1.29, 1.82) is 0 Å². The van der Waals surface area contributed by atoms with E-state index in [0.717, 1.165) is 6.07 Å². The van der Waals surface area contributed by atoms with Crippen LogP contribution in [0, 0.1) is 10.1 Å². The molecule has 0 unspecified atom stereocenters. The van der Waals surface area contributed by atoms with Crippen LogP contribution in [-0.4, -0.2) is 33.4 Å². The number of hydrogen-bond donors (Lipinski definition) is 0. The van der Waals surface area contributed by atoms with E-state index < -0.39 is 22.3 Å². The number of nitro benzene ring substituents is 1. The first kappa shape index (κ1) is 20.0. The van der Waals surface area contributed by atoms with Crippen LogP contribution in [0.15, 0.2) is 30.3 Å². The highest BCUT2D eigenvalue weighted by Gasteiger charge is 2.21. The van der Waals surface area contributed by atoms with Gasteiger partial charge in [0.05, 0.1) is 33.4 Å². The molecule has 2 rings (SSSR count). The number of benzene rings is 2. The maximum absolute atomic E-state index is 14.7. The third-order valence-corrected chi connectivity index (χ3v) is 3.74. The Morgan fingerprint density at radius 2 is 1.33 bits per heavy atom. The molecule has 0 spiro atoms. The van der Waals surface area contributed by atoms with E-state index in [1.165, 1.54) is 52.7 Å². The molecule has 0 radical (unpaired) electrons. The number of nitrogens with zero attached hydrogens (tertiary/aromatic N) is 1. The van der Waals surface area contributed by atoms with E-state index >= 15 is 0 Å². The fraction of sp³-hybridized carbons (Fsp3) is 0.222.